The van der Waals surface area contributed by atoms with E-state index in [2.05, 4.69) is 10.4 Å². The van der Waals surface area contributed by atoms with E-state index in [1.807, 2.05) is 37.3 Å². The summed E-state index contributed by atoms with van der Waals surface area (Å²) in [5.41, 5.74) is 3.54. The van der Waals surface area contributed by atoms with Crippen molar-refractivity contribution in [3.63, 3.8) is 0 Å². The molecule has 0 saturated carbocycles. The van der Waals surface area contributed by atoms with E-state index < -0.39 is 6.04 Å². The number of hydrogen-bond donors (Lipinski definition) is 1. The summed E-state index contributed by atoms with van der Waals surface area (Å²) in [5.74, 6) is -0.210. The predicted octanol–water partition coefficient (Wildman–Crippen LogP) is 0.572. The molecule has 7 heteroatoms. The Bertz CT molecular complexity index is 631. The van der Waals surface area contributed by atoms with Crippen LogP contribution in [0.2, 0.25) is 0 Å². The summed E-state index contributed by atoms with van der Waals surface area (Å²) < 4.78 is 5.46. The number of amides is 2. The molecule has 0 aliphatic carbocycles. The van der Waals surface area contributed by atoms with Gasteiger partial charge in [-0.2, -0.15) is 0 Å². The quantitative estimate of drug-likeness (QED) is 0.866. The first-order chi connectivity index (χ1) is 11.1. The van der Waals surface area contributed by atoms with Crippen LogP contribution in [0, 0.1) is 0 Å². The van der Waals surface area contributed by atoms with Gasteiger partial charge in [-0.25, -0.2) is 10.0 Å². The lowest BCUT2D eigenvalue weighted by molar-refractivity contribution is -0.131. The fourth-order valence-electron chi connectivity index (χ4n) is 2.65. The van der Waals surface area contributed by atoms with Gasteiger partial charge in [0.2, 0.25) is 5.84 Å². The van der Waals surface area contributed by atoms with Crippen LogP contribution in [-0.2, 0) is 14.3 Å². The van der Waals surface area contributed by atoms with Gasteiger partial charge in [0.05, 0.1) is 18.4 Å². The molecule has 122 valence electrons. The molecule has 2 amide bonds. The van der Waals surface area contributed by atoms with Crippen molar-refractivity contribution < 1.29 is 14.3 Å². The van der Waals surface area contributed by atoms with Crippen LogP contribution in [-0.4, -0.2) is 54.4 Å². The van der Waals surface area contributed by atoms with E-state index in [-0.39, 0.29) is 23.8 Å². The molecule has 23 heavy (non-hydrogen) atoms. The van der Waals surface area contributed by atoms with Crippen LogP contribution in [0.25, 0.3) is 0 Å². The van der Waals surface area contributed by atoms with Crippen molar-refractivity contribution in [2.75, 3.05) is 24.7 Å². The second-order valence-corrected chi connectivity index (χ2v) is 5.71. The van der Waals surface area contributed by atoms with E-state index in [0.717, 1.165) is 0 Å². The molecule has 0 aromatic heterocycles. The largest absolute Gasteiger partial charge is 0.375 e. The molecular formula is C16H20N4O3. The number of amidine groups is 1. The van der Waals surface area contributed by atoms with Crippen molar-refractivity contribution in [1.82, 2.24) is 10.3 Å². The average Bonchev–Trinajstić information content (AvgIpc) is 2.57. The van der Waals surface area contributed by atoms with E-state index >= 15 is 0 Å². The topological polar surface area (TPSA) is 74.2 Å². The molecule has 0 unspecified atom stereocenters. The molecule has 1 N–H and O–H groups in total. The normalized spacial score (nSPS) is 25.0. The van der Waals surface area contributed by atoms with Crippen LogP contribution >= 0.6 is 0 Å². The first-order valence-corrected chi connectivity index (χ1v) is 7.70. The van der Waals surface area contributed by atoms with Crippen molar-refractivity contribution in [2.24, 2.45) is 4.99 Å². The number of rotatable bonds is 2. The standard InChI is InChI=1S/C16H20N4O3/c1-11-10-19(8-9-23-11)16(22)14-17-12(2)15(21)20(18-14)13-6-4-3-5-7-13/h3-7,11-12H,8-10H2,1-2H3,(H,17,18)/t11-,12+/m1/s1. The van der Waals surface area contributed by atoms with Crippen molar-refractivity contribution in [3.8, 4) is 0 Å². The molecule has 2 atom stereocenters. The van der Waals surface area contributed by atoms with Gasteiger partial charge in [-0.3, -0.25) is 15.0 Å². The minimum Gasteiger partial charge on any atom is -0.375 e. The Morgan fingerprint density at radius 2 is 2.04 bits per heavy atom. The number of carbonyl (C=O) groups is 2. The maximum Gasteiger partial charge on any atom is 0.290 e. The van der Waals surface area contributed by atoms with Crippen molar-refractivity contribution in [2.45, 2.75) is 26.0 Å². The molecule has 1 aromatic carbocycles. The Balaban J connectivity index is 1.81. The minimum absolute atomic E-state index is 0.00109. The first-order valence-electron chi connectivity index (χ1n) is 7.70. The number of ether oxygens (including phenoxy) is 1. The Morgan fingerprint density at radius 1 is 1.30 bits per heavy atom. The highest BCUT2D eigenvalue weighted by molar-refractivity contribution is 6.39. The number of nitrogens with zero attached hydrogens (tertiary/aromatic N) is 3. The molecule has 1 fully saturated rings. The zero-order valence-electron chi connectivity index (χ0n) is 13.2. The zero-order valence-corrected chi connectivity index (χ0v) is 13.2. The van der Waals surface area contributed by atoms with Gasteiger partial charge >= 0.3 is 0 Å². The average molecular weight is 316 g/mol. The molecule has 2 aliphatic rings. The van der Waals surface area contributed by atoms with E-state index in [1.54, 1.807) is 11.8 Å². The lowest BCUT2D eigenvalue weighted by Gasteiger charge is -2.35. The van der Waals surface area contributed by atoms with E-state index in [0.29, 0.717) is 25.4 Å². The van der Waals surface area contributed by atoms with E-state index in [9.17, 15) is 9.59 Å². The number of nitrogens with one attached hydrogen (secondary N) is 1. The smallest absolute Gasteiger partial charge is 0.290 e. The van der Waals surface area contributed by atoms with Gasteiger partial charge in [-0.15, -0.1) is 0 Å². The molecule has 0 bridgehead atoms. The highest BCUT2D eigenvalue weighted by Gasteiger charge is 2.33. The molecule has 1 aromatic rings. The number of morpholine rings is 1. The summed E-state index contributed by atoms with van der Waals surface area (Å²) in [7, 11) is 0. The molecule has 3 rings (SSSR count). The van der Waals surface area contributed by atoms with E-state index in [4.69, 9.17) is 4.74 Å². The maximum atomic E-state index is 12.7. The number of carbonyl (C=O) groups excluding carboxylic acids is 2. The summed E-state index contributed by atoms with van der Waals surface area (Å²) in [4.78, 5) is 30.9. The van der Waals surface area contributed by atoms with Crippen LogP contribution in [0.4, 0.5) is 5.69 Å². The Hall–Kier alpha value is -2.41. The van der Waals surface area contributed by atoms with Crippen LogP contribution in [0.5, 0.6) is 0 Å². The van der Waals surface area contributed by atoms with Gasteiger partial charge in [0.25, 0.3) is 11.8 Å². The monoisotopic (exact) mass is 316 g/mol. The SMILES string of the molecule is C[C@@H]1CN(C(=O)C2=N[C@@H](C)C(=O)N(c3ccccc3)N2)CCO1. The van der Waals surface area contributed by atoms with Crippen LogP contribution in [0.3, 0.4) is 0 Å². The second-order valence-electron chi connectivity index (χ2n) is 5.71. The summed E-state index contributed by atoms with van der Waals surface area (Å²) >= 11 is 0. The summed E-state index contributed by atoms with van der Waals surface area (Å²) in [6.45, 7) is 5.17. The molecule has 0 spiro atoms. The van der Waals surface area contributed by atoms with Crippen LogP contribution in [0.15, 0.2) is 35.3 Å². The lowest BCUT2D eigenvalue weighted by Crippen LogP contribution is -2.59. The number of para-hydroxylation sites is 1. The second kappa shape index (κ2) is 6.37. The van der Waals surface area contributed by atoms with Gasteiger partial charge in [0.15, 0.2) is 0 Å². The number of aliphatic imine (C=N–C) groups is 1. The minimum atomic E-state index is -0.603. The third kappa shape index (κ3) is 3.19. The van der Waals surface area contributed by atoms with Crippen molar-refractivity contribution in [3.05, 3.63) is 30.3 Å². The molecule has 2 aliphatic heterocycles. The number of anilines is 1. The van der Waals surface area contributed by atoms with Gasteiger partial charge in [-0.1, -0.05) is 18.2 Å². The molecule has 1 saturated heterocycles. The third-order valence-corrected chi connectivity index (χ3v) is 3.86. The summed E-state index contributed by atoms with van der Waals surface area (Å²) in [6, 6.07) is 8.56. The number of hydrazine groups is 1. The Labute approximate surface area is 134 Å². The Kier molecular flexibility index (Phi) is 4.29. The van der Waals surface area contributed by atoms with Gasteiger partial charge < -0.3 is 9.64 Å². The first kappa shape index (κ1) is 15.5. The zero-order chi connectivity index (χ0) is 16.4. The lowest BCUT2D eigenvalue weighted by atomic mass is 10.2. The number of hydrogen-bond acceptors (Lipinski definition) is 5. The van der Waals surface area contributed by atoms with Crippen molar-refractivity contribution >= 4 is 23.3 Å². The molecule has 0 radical (unpaired) electrons. The van der Waals surface area contributed by atoms with Gasteiger partial charge in [0, 0.05) is 13.1 Å². The van der Waals surface area contributed by atoms with Gasteiger partial charge in [0.1, 0.15) is 6.04 Å². The number of benzene rings is 1. The fourth-order valence-corrected chi connectivity index (χ4v) is 2.65. The highest BCUT2D eigenvalue weighted by Crippen LogP contribution is 2.16. The Morgan fingerprint density at radius 3 is 2.74 bits per heavy atom. The summed E-state index contributed by atoms with van der Waals surface area (Å²) in [5, 5.41) is 1.38. The molecule has 7 nitrogen and oxygen atoms in total. The third-order valence-electron chi connectivity index (χ3n) is 3.86. The van der Waals surface area contributed by atoms with Crippen LogP contribution < -0.4 is 10.4 Å². The molecule has 2 heterocycles. The van der Waals surface area contributed by atoms with Gasteiger partial charge in [-0.05, 0) is 26.0 Å². The predicted molar refractivity (Wildman–Crippen MR) is 86.0 cm³/mol. The van der Waals surface area contributed by atoms with Crippen LogP contribution in [0.1, 0.15) is 13.8 Å². The highest BCUT2D eigenvalue weighted by atomic mass is 16.5. The summed E-state index contributed by atoms with van der Waals surface area (Å²) in [6.07, 6.45) is 0.00109. The maximum absolute atomic E-state index is 12.7. The molecular weight excluding hydrogens is 296 g/mol. The van der Waals surface area contributed by atoms with E-state index in [1.165, 1.54) is 5.01 Å². The van der Waals surface area contributed by atoms with Crippen molar-refractivity contribution in [1.29, 1.82) is 0 Å². The fraction of sp³-hybridized carbons (Fsp3) is 0.438.